The molecule has 0 unspecified atom stereocenters. The second-order valence-electron chi connectivity index (χ2n) is 3.83. The normalized spacial score (nSPS) is 9.95. The van der Waals surface area contributed by atoms with E-state index in [1.54, 1.807) is 24.3 Å². The van der Waals surface area contributed by atoms with Crippen molar-refractivity contribution in [3.05, 3.63) is 42.2 Å². The van der Waals surface area contributed by atoms with Crippen LogP contribution >= 0.6 is 0 Å². The number of carboxylic acid groups (broad SMARTS) is 1. The molecule has 3 N–H and O–H groups in total. The Hall–Kier alpha value is -2.63. The van der Waals surface area contributed by atoms with Gasteiger partial charge in [0.25, 0.3) is 0 Å². The van der Waals surface area contributed by atoms with Crippen LogP contribution in [-0.4, -0.2) is 27.6 Å². The van der Waals surface area contributed by atoms with Crippen molar-refractivity contribution < 1.29 is 9.90 Å². The molecule has 1 heterocycles. The average molecular weight is 258 g/mol. The molecule has 0 spiro atoms. The number of hydrogen-bond donors (Lipinski definition) is 3. The first-order valence-corrected chi connectivity index (χ1v) is 5.85. The summed E-state index contributed by atoms with van der Waals surface area (Å²) in [5.41, 5.74) is 0.895. The molecule has 0 saturated heterocycles. The number of benzene rings is 1. The molecule has 0 aliphatic rings. The van der Waals surface area contributed by atoms with Crippen molar-refractivity contribution in [1.29, 1.82) is 0 Å². The summed E-state index contributed by atoms with van der Waals surface area (Å²) in [5.74, 6) is 0.363. The van der Waals surface area contributed by atoms with E-state index in [1.807, 2.05) is 6.92 Å². The van der Waals surface area contributed by atoms with Gasteiger partial charge in [-0.15, -0.1) is 0 Å². The summed E-state index contributed by atoms with van der Waals surface area (Å²) >= 11 is 0. The molecule has 2 rings (SSSR count). The van der Waals surface area contributed by atoms with Crippen LogP contribution in [0.4, 0.5) is 17.3 Å². The van der Waals surface area contributed by atoms with E-state index >= 15 is 0 Å². The molecule has 0 saturated carbocycles. The molecule has 0 amide bonds. The lowest BCUT2D eigenvalue weighted by Gasteiger charge is -2.08. The van der Waals surface area contributed by atoms with Gasteiger partial charge in [-0.1, -0.05) is 6.07 Å². The number of aromatic carboxylic acids is 1. The number of aromatic nitrogens is 2. The smallest absolute Gasteiger partial charge is 0.335 e. The third-order valence-electron chi connectivity index (χ3n) is 2.41. The standard InChI is InChI=1S/C13H14N4O2/c1-2-14-11-7-12(16-8-15-11)17-10-5-3-4-9(6-10)13(18)19/h3-8H,2H2,1H3,(H,18,19)(H2,14,15,16,17). The molecule has 0 atom stereocenters. The van der Waals surface area contributed by atoms with E-state index in [-0.39, 0.29) is 5.56 Å². The van der Waals surface area contributed by atoms with E-state index in [2.05, 4.69) is 20.6 Å². The Bertz CT molecular complexity index is 586. The molecule has 0 bridgehead atoms. The molecule has 0 radical (unpaired) electrons. The Kier molecular flexibility index (Phi) is 3.92. The lowest BCUT2D eigenvalue weighted by molar-refractivity contribution is 0.0697. The minimum atomic E-state index is -0.959. The summed E-state index contributed by atoms with van der Waals surface area (Å²) in [6, 6.07) is 8.31. The fraction of sp³-hybridized carbons (Fsp3) is 0.154. The predicted octanol–water partition coefficient (Wildman–Crippen LogP) is 2.35. The van der Waals surface area contributed by atoms with Crippen molar-refractivity contribution in [2.75, 3.05) is 17.2 Å². The molecule has 0 aliphatic carbocycles. The molecule has 2 aromatic rings. The van der Waals surface area contributed by atoms with Gasteiger partial charge in [-0.05, 0) is 25.1 Å². The molecule has 0 aliphatic heterocycles. The van der Waals surface area contributed by atoms with Crippen molar-refractivity contribution in [2.45, 2.75) is 6.92 Å². The van der Waals surface area contributed by atoms with Gasteiger partial charge in [-0.2, -0.15) is 0 Å². The Balaban J connectivity index is 2.18. The molecule has 0 fully saturated rings. The quantitative estimate of drug-likeness (QED) is 0.763. The van der Waals surface area contributed by atoms with E-state index in [0.29, 0.717) is 11.5 Å². The van der Waals surface area contributed by atoms with Gasteiger partial charge in [0.15, 0.2) is 0 Å². The average Bonchev–Trinajstić information content (AvgIpc) is 2.40. The van der Waals surface area contributed by atoms with Gasteiger partial charge in [-0.25, -0.2) is 14.8 Å². The molecule has 1 aromatic carbocycles. The highest BCUT2D eigenvalue weighted by Gasteiger charge is 2.04. The predicted molar refractivity (Wildman–Crippen MR) is 72.9 cm³/mol. The zero-order valence-corrected chi connectivity index (χ0v) is 10.4. The number of carbonyl (C=O) groups is 1. The SMILES string of the molecule is CCNc1cc(Nc2cccc(C(=O)O)c2)ncn1. The molecule has 6 nitrogen and oxygen atoms in total. The second-order valence-corrected chi connectivity index (χ2v) is 3.83. The van der Waals surface area contributed by atoms with Gasteiger partial charge in [0, 0.05) is 18.3 Å². The van der Waals surface area contributed by atoms with Crippen LogP contribution in [0.15, 0.2) is 36.7 Å². The first-order valence-electron chi connectivity index (χ1n) is 5.85. The summed E-state index contributed by atoms with van der Waals surface area (Å²) in [6.45, 7) is 2.75. The van der Waals surface area contributed by atoms with Crippen LogP contribution in [0.3, 0.4) is 0 Å². The molecular weight excluding hydrogens is 244 g/mol. The zero-order chi connectivity index (χ0) is 13.7. The van der Waals surface area contributed by atoms with E-state index in [1.165, 1.54) is 12.4 Å². The van der Waals surface area contributed by atoms with E-state index in [9.17, 15) is 4.79 Å². The van der Waals surface area contributed by atoms with Crippen molar-refractivity contribution in [3.63, 3.8) is 0 Å². The van der Waals surface area contributed by atoms with Crippen molar-refractivity contribution in [1.82, 2.24) is 9.97 Å². The van der Waals surface area contributed by atoms with Gasteiger partial charge < -0.3 is 15.7 Å². The van der Waals surface area contributed by atoms with Crippen molar-refractivity contribution in [2.24, 2.45) is 0 Å². The topological polar surface area (TPSA) is 87.1 Å². The molecular formula is C13H14N4O2. The highest BCUT2D eigenvalue weighted by molar-refractivity contribution is 5.89. The number of rotatable bonds is 5. The van der Waals surface area contributed by atoms with E-state index in [0.717, 1.165) is 12.4 Å². The minimum absolute atomic E-state index is 0.228. The van der Waals surface area contributed by atoms with Crippen molar-refractivity contribution >= 4 is 23.3 Å². The number of hydrogen-bond acceptors (Lipinski definition) is 5. The monoisotopic (exact) mass is 258 g/mol. The van der Waals surface area contributed by atoms with Crippen LogP contribution in [0.5, 0.6) is 0 Å². The first kappa shape index (κ1) is 12.8. The third-order valence-corrected chi connectivity index (χ3v) is 2.41. The van der Waals surface area contributed by atoms with Gasteiger partial charge in [0.1, 0.15) is 18.0 Å². The van der Waals surface area contributed by atoms with Crippen LogP contribution < -0.4 is 10.6 Å². The fourth-order valence-electron chi connectivity index (χ4n) is 1.58. The van der Waals surface area contributed by atoms with Gasteiger partial charge >= 0.3 is 5.97 Å². The Morgan fingerprint density at radius 3 is 2.79 bits per heavy atom. The van der Waals surface area contributed by atoms with Gasteiger partial charge in [0.2, 0.25) is 0 Å². The lowest BCUT2D eigenvalue weighted by atomic mass is 10.2. The van der Waals surface area contributed by atoms with Crippen LogP contribution in [0, 0.1) is 0 Å². The third kappa shape index (κ3) is 3.41. The summed E-state index contributed by atoms with van der Waals surface area (Å²) in [5, 5.41) is 15.0. The second kappa shape index (κ2) is 5.81. The minimum Gasteiger partial charge on any atom is -0.478 e. The van der Waals surface area contributed by atoms with Crippen LogP contribution in [0.1, 0.15) is 17.3 Å². The van der Waals surface area contributed by atoms with Crippen LogP contribution in [-0.2, 0) is 0 Å². The first-order chi connectivity index (χ1) is 9.19. The van der Waals surface area contributed by atoms with E-state index < -0.39 is 5.97 Å². The number of carboxylic acids is 1. The summed E-state index contributed by atoms with van der Waals surface area (Å²) in [4.78, 5) is 19.0. The Morgan fingerprint density at radius 2 is 2.05 bits per heavy atom. The summed E-state index contributed by atoms with van der Waals surface area (Å²) < 4.78 is 0. The fourth-order valence-corrected chi connectivity index (χ4v) is 1.58. The highest BCUT2D eigenvalue weighted by atomic mass is 16.4. The molecule has 1 aromatic heterocycles. The van der Waals surface area contributed by atoms with Gasteiger partial charge in [0.05, 0.1) is 5.56 Å². The van der Waals surface area contributed by atoms with Gasteiger partial charge in [-0.3, -0.25) is 0 Å². The number of anilines is 3. The number of nitrogens with one attached hydrogen (secondary N) is 2. The van der Waals surface area contributed by atoms with Crippen LogP contribution in [0.2, 0.25) is 0 Å². The Labute approximate surface area is 110 Å². The zero-order valence-electron chi connectivity index (χ0n) is 10.4. The van der Waals surface area contributed by atoms with Crippen LogP contribution in [0.25, 0.3) is 0 Å². The summed E-state index contributed by atoms with van der Waals surface area (Å²) in [6.07, 6.45) is 1.45. The molecule has 6 heteroatoms. The lowest BCUT2D eigenvalue weighted by Crippen LogP contribution is -2.02. The maximum Gasteiger partial charge on any atom is 0.335 e. The molecule has 98 valence electrons. The maximum atomic E-state index is 10.9. The summed E-state index contributed by atoms with van der Waals surface area (Å²) in [7, 11) is 0. The van der Waals surface area contributed by atoms with E-state index in [4.69, 9.17) is 5.11 Å². The number of nitrogens with zero attached hydrogens (tertiary/aromatic N) is 2. The largest absolute Gasteiger partial charge is 0.478 e. The van der Waals surface area contributed by atoms with Crippen molar-refractivity contribution in [3.8, 4) is 0 Å². The Morgan fingerprint density at radius 1 is 1.26 bits per heavy atom. The highest BCUT2D eigenvalue weighted by Crippen LogP contribution is 2.17. The maximum absolute atomic E-state index is 10.9. The molecule has 19 heavy (non-hydrogen) atoms.